The number of rotatable bonds is 4. The van der Waals surface area contributed by atoms with Gasteiger partial charge >= 0.3 is 0 Å². The Balaban J connectivity index is 2.31. The zero-order valence-corrected chi connectivity index (χ0v) is 12.3. The van der Waals surface area contributed by atoms with E-state index in [1.54, 1.807) is 0 Å². The number of nitrogens with zero attached hydrogens (tertiary/aromatic N) is 2. The molecule has 0 fully saturated rings. The molecule has 0 aliphatic rings. The molecule has 1 aromatic heterocycles. The molecule has 5 nitrogen and oxygen atoms in total. The van der Waals surface area contributed by atoms with Crippen molar-refractivity contribution in [2.24, 2.45) is 0 Å². The maximum Gasteiger partial charge on any atom is 0.270 e. The Morgan fingerprint density at radius 1 is 1.48 bits per heavy atom. The van der Waals surface area contributed by atoms with Crippen LogP contribution in [0.3, 0.4) is 0 Å². The third-order valence-electron chi connectivity index (χ3n) is 3.00. The first-order chi connectivity index (χ1) is 9.90. The largest absolute Gasteiger partial charge is 0.336 e. The Kier molecular flexibility index (Phi) is 4.32. The number of aryl methyl sites for hydroxylation is 1. The molecule has 0 saturated heterocycles. The van der Waals surface area contributed by atoms with Gasteiger partial charge in [0.05, 0.1) is 17.0 Å². The molecule has 110 valence electrons. The number of hydrogen-bond acceptors (Lipinski definition) is 4. The third kappa shape index (κ3) is 3.25. The Hall–Kier alpha value is -2.28. The molecule has 0 atom stereocenters. The van der Waals surface area contributed by atoms with Crippen molar-refractivity contribution in [2.75, 3.05) is 7.05 Å². The minimum atomic E-state index is -0.719. The van der Waals surface area contributed by atoms with E-state index in [1.807, 2.05) is 17.5 Å². The Bertz CT molecular complexity index is 686. The van der Waals surface area contributed by atoms with Crippen LogP contribution in [-0.4, -0.2) is 22.8 Å². The summed E-state index contributed by atoms with van der Waals surface area (Å²) in [5.74, 6) is -1.30. The van der Waals surface area contributed by atoms with E-state index in [-0.39, 0.29) is 16.8 Å². The monoisotopic (exact) mass is 308 g/mol. The molecule has 0 bridgehead atoms. The van der Waals surface area contributed by atoms with Gasteiger partial charge in [0.15, 0.2) is 0 Å². The van der Waals surface area contributed by atoms with Gasteiger partial charge in [0, 0.05) is 24.1 Å². The van der Waals surface area contributed by atoms with Crippen LogP contribution in [0.1, 0.15) is 20.8 Å². The molecule has 1 heterocycles. The molecule has 7 heteroatoms. The lowest BCUT2D eigenvalue weighted by Gasteiger charge is -2.17. The fourth-order valence-electron chi connectivity index (χ4n) is 1.93. The highest BCUT2D eigenvalue weighted by atomic mass is 32.1. The van der Waals surface area contributed by atoms with Crippen molar-refractivity contribution in [3.8, 4) is 0 Å². The number of carbonyl (C=O) groups is 1. The van der Waals surface area contributed by atoms with Crippen molar-refractivity contribution in [3.63, 3.8) is 0 Å². The molecule has 0 saturated carbocycles. The van der Waals surface area contributed by atoms with Crippen LogP contribution in [0.25, 0.3) is 0 Å². The number of non-ortho nitro benzene ring substituents is 1. The van der Waals surface area contributed by atoms with Gasteiger partial charge in [-0.05, 0) is 23.9 Å². The number of hydrogen-bond donors (Lipinski definition) is 0. The number of thiophene rings is 1. The Morgan fingerprint density at radius 2 is 2.19 bits per heavy atom. The van der Waals surface area contributed by atoms with E-state index >= 15 is 0 Å². The summed E-state index contributed by atoms with van der Waals surface area (Å²) in [6.07, 6.45) is 0. The van der Waals surface area contributed by atoms with E-state index in [1.165, 1.54) is 30.2 Å². The minimum absolute atomic E-state index is 0.0806. The molecule has 0 radical (unpaired) electrons. The lowest BCUT2D eigenvalue weighted by molar-refractivity contribution is -0.385. The molecule has 0 N–H and O–H groups in total. The van der Waals surface area contributed by atoms with Gasteiger partial charge in [0.2, 0.25) is 0 Å². The number of nitro benzene ring substituents is 1. The molecule has 2 rings (SSSR count). The van der Waals surface area contributed by atoms with Gasteiger partial charge in [-0.25, -0.2) is 4.39 Å². The maximum atomic E-state index is 14.1. The highest BCUT2D eigenvalue weighted by Crippen LogP contribution is 2.23. The fraction of sp³-hybridized carbons (Fsp3) is 0.214. The standard InChI is InChI=1S/C14H13FN2O3S/c1-9-6-10(17(19)20)7-12(13(9)15)14(18)16(2)8-11-4-3-5-21-11/h3-7H,8H2,1-2H3. The van der Waals surface area contributed by atoms with Gasteiger partial charge in [-0.2, -0.15) is 0 Å². The fourth-order valence-corrected chi connectivity index (χ4v) is 2.68. The topological polar surface area (TPSA) is 63.5 Å². The van der Waals surface area contributed by atoms with Gasteiger partial charge in [0.25, 0.3) is 11.6 Å². The first-order valence-electron chi connectivity index (χ1n) is 6.12. The summed E-state index contributed by atoms with van der Waals surface area (Å²) in [7, 11) is 1.54. The summed E-state index contributed by atoms with van der Waals surface area (Å²) in [5.41, 5.74) is -0.486. The molecule has 0 unspecified atom stereocenters. The average Bonchev–Trinajstić information content (AvgIpc) is 2.93. The number of nitro groups is 1. The predicted octanol–water partition coefficient (Wildman–Crippen LogP) is 3.38. The van der Waals surface area contributed by atoms with E-state index < -0.39 is 16.6 Å². The van der Waals surface area contributed by atoms with Crippen LogP contribution in [0.5, 0.6) is 0 Å². The van der Waals surface area contributed by atoms with E-state index in [0.717, 1.165) is 17.0 Å². The summed E-state index contributed by atoms with van der Waals surface area (Å²) in [6.45, 7) is 1.73. The van der Waals surface area contributed by atoms with Crippen molar-refractivity contribution in [2.45, 2.75) is 13.5 Å². The van der Waals surface area contributed by atoms with Gasteiger partial charge in [0.1, 0.15) is 5.82 Å². The first kappa shape index (κ1) is 15.1. The SMILES string of the molecule is Cc1cc([N+](=O)[O-])cc(C(=O)N(C)Cc2cccs2)c1F. The van der Waals surface area contributed by atoms with Crippen LogP contribution in [0.15, 0.2) is 29.6 Å². The quantitative estimate of drug-likeness (QED) is 0.642. The highest BCUT2D eigenvalue weighted by molar-refractivity contribution is 7.09. The molecular formula is C14H13FN2O3S. The number of carbonyl (C=O) groups excluding carboxylic acids is 1. The summed E-state index contributed by atoms with van der Waals surface area (Å²) in [4.78, 5) is 24.8. The van der Waals surface area contributed by atoms with Crippen molar-refractivity contribution in [1.29, 1.82) is 0 Å². The maximum absolute atomic E-state index is 14.1. The number of amides is 1. The van der Waals surface area contributed by atoms with Crippen LogP contribution in [0, 0.1) is 22.9 Å². The van der Waals surface area contributed by atoms with E-state index in [0.29, 0.717) is 6.54 Å². The van der Waals surface area contributed by atoms with Crippen LogP contribution in [0.2, 0.25) is 0 Å². The van der Waals surface area contributed by atoms with Crippen LogP contribution in [-0.2, 0) is 6.54 Å². The molecular weight excluding hydrogens is 295 g/mol. The van der Waals surface area contributed by atoms with Gasteiger partial charge in [-0.1, -0.05) is 6.07 Å². The number of benzene rings is 1. The van der Waals surface area contributed by atoms with Crippen LogP contribution < -0.4 is 0 Å². The summed E-state index contributed by atoms with van der Waals surface area (Å²) < 4.78 is 14.1. The number of halogens is 1. The normalized spacial score (nSPS) is 10.4. The predicted molar refractivity (Wildman–Crippen MR) is 77.9 cm³/mol. The lowest BCUT2D eigenvalue weighted by Crippen LogP contribution is -2.27. The lowest BCUT2D eigenvalue weighted by atomic mass is 10.1. The first-order valence-corrected chi connectivity index (χ1v) is 7.00. The smallest absolute Gasteiger partial charge is 0.270 e. The summed E-state index contributed by atoms with van der Waals surface area (Å²) in [5, 5.41) is 12.7. The van der Waals surface area contributed by atoms with Gasteiger partial charge < -0.3 is 4.90 Å². The average molecular weight is 308 g/mol. The molecule has 0 spiro atoms. The minimum Gasteiger partial charge on any atom is -0.336 e. The van der Waals surface area contributed by atoms with Crippen LogP contribution >= 0.6 is 11.3 Å². The van der Waals surface area contributed by atoms with Crippen molar-refractivity contribution in [3.05, 3.63) is 61.6 Å². The second kappa shape index (κ2) is 6.01. The van der Waals surface area contributed by atoms with Gasteiger partial charge in [-0.15, -0.1) is 11.3 Å². The van der Waals surface area contributed by atoms with Gasteiger partial charge in [-0.3, -0.25) is 14.9 Å². The van der Waals surface area contributed by atoms with Crippen molar-refractivity contribution < 1.29 is 14.1 Å². The Labute approximate surface area is 124 Å². The molecule has 1 amide bonds. The van der Waals surface area contributed by atoms with E-state index in [9.17, 15) is 19.3 Å². The highest BCUT2D eigenvalue weighted by Gasteiger charge is 2.22. The summed E-state index contributed by atoms with van der Waals surface area (Å²) in [6, 6.07) is 5.82. The molecule has 1 aromatic carbocycles. The second-order valence-corrected chi connectivity index (χ2v) is 5.65. The molecule has 0 aliphatic heterocycles. The van der Waals surface area contributed by atoms with Crippen molar-refractivity contribution >= 4 is 22.9 Å². The van der Waals surface area contributed by atoms with Crippen LogP contribution in [0.4, 0.5) is 10.1 Å². The van der Waals surface area contributed by atoms with E-state index in [2.05, 4.69) is 0 Å². The van der Waals surface area contributed by atoms with E-state index in [4.69, 9.17) is 0 Å². The molecule has 2 aromatic rings. The van der Waals surface area contributed by atoms with Crippen molar-refractivity contribution in [1.82, 2.24) is 4.90 Å². The zero-order valence-electron chi connectivity index (χ0n) is 11.5. The zero-order chi connectivity index (χ0) is 15.6. The Morgan fingerprint density at radius 3 is 2.76 bits per heavy atom. The second-order valence-electron chi connectivity index (χ2n) is 4.62. The molecule has 0 aliphatic carbocycles. The summed E-state index contributed by atoms with van der Waals surface area (Å²) >= 11 is 1.48. The third-order valence-corrected chi connectivity index (χ3v) is 3.86. The molecule has 21 heavy (non-hydrogen) atoms.